The van der Waals surface area contributed by atoms with Crippen molar-refractivity contribution in [3.8, 4) is 0 Å². The Kier molecular flexibility index (Phi) is 5.19. The van der Waals surface area contributed by atoms with E-state index in [-0.39, 0.29) is 17.9 Å². The van der Waals surface area contributed by atoms with E-state index < -0.39 is 5.60 Å². The van der Waals surface area contributed by atoms with Crippen LogP contribution in [0.1, 0.15) is 32.8 Å². The second-order valence-electron chi connectivity index (χ2n) is 6.97. The first-order valence-corrected chi connectivity index (χ1v) is 8.06. The average Bonchev–Trinajstić information content (AvgIpc) is 2.35. The Hall–Kier alpha value is -1.75. The van der Waals surface area contributed by atoms with Gasteiger partial charge in [0.15, 0.2) is 0 Å². The van der Waals surface area contributed by atoms with Crippen LogP contribution in [0.4, 0.5) is 10.5 Å². The molecule has 1 aromatic carbocycles. The second kappa shape index (κ2) is 6.79. The summed E-state index contributed by atoms with van der Waals surface area (Å²) in [6, 6.07) is 5.43. The molecule has 1 saturated heterocycles. The van der Waals surface area contributed by atoms with Crippen molar-refractivity contribution in [2.24, 2.45) is 5.92 Å². The number of halogens is 1. The molecule has 5 nitrogen and oxygen atoms in total. The maximum Gasteiger partial charge on any atom is 0.410 e. The van der Waals surface area contributed by atoms with Crippen LogP contribution in [0.15, 0.2) is 18.2 Å². The molecule has 1 fully saturated rings. The van der Waals surface area contributed by atoms with Crippen molar-refractivity contribution in [1.29, 1.82) is 0 Å². The van der Waals surface area contributed by atoms with Gasteiger partial charge in [-0.25, -0.2) is 4.79 Å². The maximum absolute atomic E-state index is 12.0. The number of nitrogens with zero attached hydrogens (tertiary/aromatic N) is 1. The summed E-state index contributed by atoms with van der Waals surface area (Å²) in [7, 11) is 0. The van der Waals surface area contributed by atoms with Crippen LogP contribution in [0.2, 0.25) is 5.02 Å². The van der Waals surface area contributed by atoms with Gasteiger partial charge < -0.3 is 15.0 Å². The number of benzene rings is 1. The highest BCUT2D eigenvalue weighted by molar-refractivity contribution is 6.31. The molecular weight excluding hydrogens is 316 g/mol. The van der Waals surface area contributed by atoms with Crippen molar-refractivity contribution in [2.75, 3.05) is 18.4 Å². The number of rotatable bonds is 3. The zero-order chi connectivity index (χ0) is 17.2. The molecule has 6 heteroatoms. The third-order valence-electron chi connectivity index (χ3n) is 3.54. The number of hydrogen-bond acceptors (Lipinski definition) is 3. The van der Waals surface area contributed by atoms with E-state index in [1.54, 1.807) is 11.0 Å². The van der Waals surface area contributed by atoms with E-state index >= 15 is 0 Å². The molecule has 0 atom stereocenters. The van der Waals surface area contributed by atoms with Gasteiger partial charge in [-0.15, -0.1) is 0 Å². The highest BCUT2D eigenvalue weighted by Crippen LogP contribution is 2.24. The van der Waals surface area contributed by atoms with Crippen molar-refractivity contribution in [3.63, 3.8) is 0 Å². The second-order valence-corrected chi connectivity index (χ2v) is 7.37. The zero-order valence-electron chi connectivity index (χ0n) is 14.0. The number of ether oxygens (including phenoxy) is 1. The minimum Gasteiger partial charge on any atom is -0.444 e. The molecule has 126 valence electrons. The van der Waals surface area contributed by atoms with Crippen LogP contribution in [-0.2, 0) is 9.53 Å². The van der Waals surface area contributed by atoms with Gasteiger partial charge >= 0.3 is 6.09 Å². The molecule has 0 radical (unpaired) electrons. The molecule has 0 aliphatic carbocycles. The van der Waals surface area contributed by atoms with Crippen LogP contribution in [0.25, 0.3) is 0 Å². The van der Waals surface area contributed by atoms with E-state index in [1.807, 2.05) is 39.8 Å². The van der Waals surface area contributed by atoms with Gasteiger partial charge in [-0.2, -0.15) is 0 Å². The van der Waals surface area contributed by atoms with E-state index in [2.05, 4.69) is 5.32 Å². The lowest BCUT2D eigenvalue weighted by atomic mass is 9.96. The minimum atomic E-state index is -0.496. The molecule has 1 heterocycles. The molecule has 23 heavy (non-hydrogen) atoms. The topological polar surface area (TPSA) is 58.6 Å². The number of hydrogen-bond donors (Lipinski definition) is 1. The van der Waals surface area contributed by atoms with Crippen molar-refractivity contribution >= 4 is 29.3 Å². The number of carbonyl (C=O) groups is 2. The molecule has 1 aromatic rings. The largest absolute Gasteiger partial charge is 0.444 e. The van der Waals surface area contributed by atoms with Gasteiger partial charge in [-0.05, 0) is 45.4 Å². The first kappa shape index (κ1) is 17.6. The molecular formula is C17H23ClN2O3. The molecule has 2 rings (SSSR count). The smallest absolute Gasteiger partial charge is 0.410 e. The Bertz CT molecular complexity index is 604. The predicted octanol–water partition coefficient (Wildman–Crippen LogP) is 3.84. The summed E-state index contributed by atoms with van der Waals surface area (Å²) in [4.78, 5) is 25.5. The van der Waals surface area contributed by atoms with E-state index in [0.29, 0.717) is 30.2 Å². The molecule has 2 amide bonds. The lowest BCUT2D eigenvalue weighted by Gasteiger charge is -2.39. The van der Waals surface area contributed by atoms with Crippen molar-refractivity contribution in [1.82, 2.24) is 4.90 Å². The monoisotopic (exact) mass is 338 g/mol. The van der Waals surface area contributed by atoms with Crippen molar-refractivity contribution in [3.05, 3.63) is 28.8 Å². The van der Waals surface area contributed by atoms with Gasteiger partial charge in [0, 0.05) is 36.1 Å². The fourth-order valence-corrected chi connectivity index (χ4v) is 2.50. The first-order chi connectivity index (χ1) is 10.6. The minimum absolute atomic E-state index is 0.0706. The SMILES string of the molecule is Cc1ccc(NC(=O)CC2CN(C(=O)OC(C)(C)C)C2)cc1Cl. The van der Waals surface area contributed by atoms with E-state index in [9.17, 15) is 9.59 Å². The van der Waals surface area contributed by atoms with Crippen molar-refractivity contribution < 1.29 is 14.3 Å². The normalized spacial score (nSPS) is 15.1. The van der Waals surface area contributed by atoms with Crippen LogP contribution >= 0.6 is 11.6 Å². The summed E-state index contributed by atoms with van der Waals surface area (Å²) in [5.74, 6) is 0.0993. The number of anilines is 1. The Labute approximate surface area is 141 Å². The molecule has 0 aromatic heterocycles. The van der Waals surface area contributed by atoms with Crippen LogP contribution in [0.3, 0.4) is 0 Å². The Balaban J connectivity index is 1.76. The van der Waals surface area contributed by atoms with Crippen LogP contribution in [0, 0.1) is 12.8 Å². The predicted molar refractivity (Wildman–Crippen MR) is 90.7 cm³/mol. The fraction of sp³-hybridized carbons (Fsp3) is 0.529. The average molecular weight is 339 g/mol. The lowest BCUT2D eigenvalue weighted by Crippen LogP contribution is -2.52. The Morgan fingerprint density at radius 2 is 2.00 bits per heavy atom. The summed E-state index contributed by atoms with van der Waals surface area (Å²) < 4.78 is 5.29. The summed E-state index contributed by atoms with van der Waals surface area (Å²) in [5, 5.41) is 3.46. The first-order valence-electron chi connectivity index (χ1n) is 7.68. The van der Waals surface area contributed by atoms with Crippen LogP contribution in [0.5, 0.6) is 0 Å². The summed E-state index contributed by atoms with van der Waals surface area (Å²) >= 11 is 6.04. The Morgan fingerprint density at radius 3 is 2.57 bits per heavy atom. The number of aryl methyl sites for hydroxylation is 1. The van der Waals surface area contributed by atoms with Gasteiger partial charge in [0.2, 0.25) is 5.91 Å². The van der Waals surface area contributed by atoms with Crippen LogP contribution in [-0.4, -0.2) is 35.6 Å². The molecule has 1 aliphatic heterocycles. The van der Waals surface area contributed by atoms with Gasteiger partial charge in [0.05, 0.1) is 0 Å². The van der Waals surface area contributed by atoms with Gasteiger partial charge in [-0.1, -0.05) is 17.7 Å². The molecule has 1 N–H and O–H groups in total. The molecule has 0 unspecified atom stereocenters. The maximum atomic E-state index is 12.0. The lowest BCUT2D eigenvalue weighted by molar-refractivity contribution is -0.118. The summed E-state index contributed by atoms with van der Waals surface area (Å²) in [6.07, 6.45) is 0.0598. The highest BCUT2D eigenvalue weighted by Gasteiger charge is 2.34. The number of amides is 2. The molecule has 0 bridgehead atoms. The highest BCUT2D eigenvalue weighted by atomic mass is 35.5. The number of carbonyl (C=O) groups excluding carboxylic acids is 2. The van der Waals surface area contributed by atoms with Gasteiger partial charge in [0.25, 0.3) is 0 Å². The van der Waals surface area contributed by atoms with Gasteiger partial charge in [-0.3, -0.25) is 4.79 Å². The van der Waals surface area contributed by atoms with E-state index in [1.165, 1.54) is 0 Å². The third-order valence-corrected chi connectivity index (χ3v) is 3.95. The van der Waals surface area contributed by atoms with Crippen LogP contribution < -0.4 is 5.32 Å². The Morgan fingerprint density at radius 1 is 1.35 bits per heavy atom. The molecule has 0 saturated carbocycles. The third kappa shape index (κ3) is 5.13. The van der Waals surface area contributed by atoms with Gasteiger partial charge in [0.1, 0.15) is 5.60 Å². The number of nitrogens with one attached hydrogen (secondary N) is 1. The van der Waals surface area contributed by atoms with Crippen molar-refractivity contribution in [2.45, 2.75) is 39.7 Å². The fourth-order valence-electron chi connectivity index (χ4n) is 2.32. The summed E-state index contributed by atoms with van der Waals surface area (Å²) in [6.45, 7) is 8.52. The van der Waals surface area contributed by atoms with E-state index in [4.69, 9.17) is 16.3 Å². The number of likely N-dealkylation sites (tertiary alicyclic amines) is 1. The summed E-state index contributed by atoms with van der Waals surface area (Å²) in [5.41, 5.74) is 1.16. The quantitative estimate of drug-likeness (QED) is 0.910. The zero-order valence-corrected chi connectivity index (χ0v) is 14.7. The molecule has 1 aliphatic rings. The standard InChI is InChI=1S/C17H23ClN2O3/c1-11-5-6-13(8-14(11)18)19-15(21)7-12-9-20(10-12)16(22)23-17(2,3)4/h5-6,8,12H,7,9-10H2,1-4H3,(H,19,21). The van der Waals surface area contributed by atoms with E-state index in [0.717, 1.165) is 5.56 Å². The molecule has 0 spiro atoms.